The number of nitrogens with one attached hydrogen (secondary N) is 1. The molecule has 20 heavy (non-hydrogen) atoms. The summed E-state index contributed by atoms with van der Waals surface area (Å²) in [7, 11) is 0. The maximum atomic E-state index is 5.63. The first-order chi connectivity index (χ1) is 9.88. The van der Waals surface area contributed by atoms with Crippen molar-refractivity contribution in [2.45, 2.75) is 45.1 Å². The van der Waals surface area contributed by atoms with Crippen LogP contribution in [0.4, 0.5) is 0 Å². The molecule has 1 aliphatic heterocycles. The number of rotatable bonds is 5. The topological polar surface area (TPSA) is 46.2 Å². The van der Waals surface area contributed by atoms with Crippen LogP contribution in [0, 0.1) is 0 Å². The van der Waals surface area contributed by atoms with Crippen LogP contribution in [0.2, 0.25) is 0 Å². The second kappa shape index (κ2) is 5.07. The molecule has 0 bridgehead atoms. The standard InChI is InChI=1S/C15H20N4O/c1-2-13(1)17-9-14-12(3-8-20-14)10-18-6-7-19-5-4-16-15(19)11-18/h3-5,8,13,17H,1-2,6-7,9-11H2. The summed E-state index contributed by atoms with van der Waals surface area (Å²) in [6, 6.07) is 2.82. The highest BCUT2D eigenvalue weighted by Crippen LogP contribution is 2.21. The first-order valence-electron chi connectivity index (χ1n) is 7.39. The van der Waals surface area contributed by atoms with Gasteiger partial charge in [-0.1, -0.05) is 0 Å². The highest BCUT2D eigenvalue weighted by molar-refractivity contribution is 5.17. The van der Waals surface area contributed by atoms with Gasteiger partial charge < -0.3 is 14.3 Å². The largest absolute Gasteiger partial charge is 0.468 e. The number of hydrogen-bond donors (Lipinski definition) is 1. The van der Waals surface area contributed by atoms with Crippen molar-refractivity contribution in [3.63, 3.8) is 0 Å². The molecular weight excluding hydrogens is 252 g/mol. The van der Waals surface area contributed by atoms with E-state index >= 15 is 0 Å². The molecule has 0 radical (unpaired) electrons. The molecule has 2 aromatic heterocycles. The minimum absolute atomic E-state index is 0.718. The molecule has 4 rings (SSSR count). The van der Waals surface area contributed by atoms with E-state index in [1.807, 2.05) is 12.5 Å². The van der Waals surface area contributed by atoms with Crippen LogP contribution in [0.5, 0.6) is 0 Å². The maximum Gasteiger partial charge on any atom is 0.122 e. The summed E-state index contributed by atoms with van der Waals surface area (Å²) >= 11 is 0. The Bertz CT molecular complexity index is 584. The molecule has 2 aliphatic rings. The molecule has 5 heteroatoms. The smallest absolute Gasteiger partial charge is 0.122 e. The summed E-state index contributed by atoms with van der Waals surface area (Å²) in [6.45, 7) is 4.83. The molecule has 0 atom stereocenters. The fraction of sp³-hybridized carbons (Fsp3) is 0.533. The van der Waals surface area contributed by atoms with Gasteiger partial charge in [-0.25, -0.2) is 4.98 Å². The van der Waals surface area contributed by atoms with E-state index in [2.05, 4.69) is 32.0 Å². The van der Waals surface area contributed by atoms with E-state index in [4.69, 9.17) is 4.42 Å². The van der Waals surface area contributed by atoms with Gasteiger partial charge in [0.05, 0.1) is 19.4 Å². The Balaban J connectivity index is 1.40. The molecule has 0 amide bonds. The van der Waals surface area contributed by atoms with Crippen molar-refractivity contribution in [3.8, 4) is 0 Å². The van der Waals surface area contributed by atoms with Gasteiger partial charge in [0.15, 0.2) is 0 Å². The van der Waals surface area contributed by atoms with Gasteiger partial charge in [0, 0.05) is 43.6 Å². The van der Waals surface area contributed by atoms with Crippen molar-refractivity contribution in [1.82, 2.24) is 19.8 Å². The van der Waals surface area contributed by atoms with Crippen LogP contribution in [0.1, 0.15) is 30.0 Å². The van der Waals surface area contributed by atoms with Gasteiger partial charge in [-0.15, -0.1) is 0 Å². The number of imidazole rings is 1. The first kappa shape index (κ1) is 12.2. The second-order valence-electron chi connectivity index (χ2n) is 5.77. The zero-order chi connectivity index (χ0) is 13.4. The first-order valence-corrected chi connectivity index (χ1v) is 7.39. The number of furan rings is 1. The minimum Gasteiger partial charge on any atom is -0.468 e. The molecule has 5 nitrogen and oxygen atoms in total. The molecule has 0 unspecified atom stereocenters. The van der Waals surface area contributed by atoms with E-state index in [-0.39, 0.29) is 0 Å². The normalized spacial score (nSPS) is 19.2. The average molecular weight is 272 g/mol. The molecule has 2 aromatic rings. The highest BCUT2D eigenvalue weighted by Gasteiger charge is 2.22. The van der Waals surface area contributed by atoms with Crippen molar-refractivity contribution in [2.24, 2.45) is 0 Å². The zero-order valence-corrected chi connectivity index (χ0v) is 11.6. The number of nitrogens with zero attached hydrogens (tertiary/aromatic N) is 3. The van der Waals surface area contributed by atoms with E-state index in [0.717, 1.165) is 50.4 Å². The molecule has 106 valence electrons. The average Bonchev–Trinajstić information content (AvgIpc) is 2.99. The predicted octanol–water partition coefficient (Wildman–Crippen LogP) is 1.74. The van der Waals surface area contributed by atoms with Crippen molar-refractivity contribution < 1.29 is 4.42 Å². The number of hydrogen-bond acceptors (Lipinski definition) is 4. The Kier molecular flexibility index (Phi) is 3.09. The summed E-state index contributed by atoms with van der Waals surface area (Å²) in [6.07, 6.45) is 8.39. The van der Waals surface area contributed by atoms with Gasteiger partial charge in [-0.05, 0) is 18.9 Å². The fourth-order valence-corrected chi connectivity index (χ4v) is 2.79. The molecule has 1 aliphatic carbocycles. The lowest BCUT2D eigenvalue weighted by Gasteiger charge is -2.27. The SMILES string of the molecule is c1cn2c(n1)CN(Cc1ccoc1CNC1CC1)CC2. The Morgan fingerprint density at radius 3 is 3.20 bits per heavy atom. The van der Waals surface area contributed by atoms with E-state index in [1.165, 1.54) is 18.4 Å². The van der Waals surface area contributed by atoms with E-state index in [9.17, 15) is 0 Å². The highest BCUT2D eigenvalue weighted by atomic mass is 16.3. The summed E-state index contributed by atoms with van der Waals surface area (Å²) < 4.78 is 7.87. The van der Waals surface area contributed by atoms with Gasteiger partial charge in [0.2, 0.25) is 0 Å². The Hall–Kier alpha value is -1.59. The quantitative estimate of drug-likeness (QED) is 0.900. The number of fused-ring (bicyclic) bond motifs is 1. The summed E-state index contributed by atoms with van der Waals surface area (Å²) in [4.78, 5) is 6.85. The fourth-order valence-electron chi connectivity index (χ4n) is 2.79. The number of aromatic nitrogens is 2. The third kappa shape index (κ3) is 2.51. The van der Waals surface area contributed by atoms with Gasteiger partial charge in [0.1, 0.15) is 11.6 Å². The third-order valence-electron chi connectivity index (χ3n) is 4.18. The third-order valence-corrected chi connectivity index (χ3v) is 4.18. The minimum atomic E-state index is 0.718. The Morgan fingerprint density at radius 1 is 1.35 bits per heavy atom. The van der Waals surface area contributed by atoms with Gasteiger partial charge in [0.25, 0.3) is 0 Å². The van der Waals surface area contributed by atoms with Crippen molar-refractivity contribution in [2.75, 3.05) is 6.54 Å². The van der Waals surface area contributed by atoms with Gasteiger partial charge in [-0.2, -0.15) is 0 Å². The summed E-state index contributed by atoms with van der Waals surface area (Å²) in [5.74, 6) is 2.25. The van der Waals surface area contributed by atoms with Crippen molar-refractivity contribution in [3.05, 3.63) is 41.9 Å². The van der Waals surface area contributed by atoms with Crippen LogP contribution in [0.25, 0.3) is 0 Å². The molecule has 1 fully saturated rings. The van der Waals surface area contributed by atoms with Crippen LogP contribution < -0.4 is 5.32 Å². The lowest BCUT2D eigenvalue weighted by Crippen LogP contribution is -2.33. The lowest BCUT2D eigenvalue weighted by atomic mass is 10.2. The molecule has 0 spiro atoms. The van der Waals surface area contributed by atoms with Gasteiger partial charge in [-0.3, -0.25) is 4.90 Å². The van der Waals surface area contributed by atoms with Gasteiger partial charge >= 0.3 is 0 Å². The molecule has 1 N–H and O–H groups in total. The van der Waals surface area contributed by atoms with Crippen LogP contribution in [0.3, 0.4) is 0 Å². The molecular formula is C15H20N4O. The second-order valence-corrected chi connectivity index (χ2v) is 5.77. The summed E-state index contributed by atoms with van der Waals surface area (Å²) in [5, 5.41) is 3.52. The van der Waals surface area contributed by atoms with Crippen LogP contribution in [-0.4, -0.2) is 27.0 Å². The van der Waals surface area contributed by atoms with Crippen molar-refractivity contribution >= 4 is 0 Å². The van der Waals surface area contributed by atoms with Crippen LogP contribution >= 0.6 is 0 Å². The van der Waals surface area contributed by atoms with E-state index in [0.29, 0.717) is 0 Å². The molecule has 3 heterocycles. The lowest BCUT2D eigenvalue weighted by molar-refractivity contribution is 0.207. The predicted molar refractivity (Wildman–Crippen MR) is 74.9 cm³/mol. The van der Waals surface area contributed by atoms with Crippen LogP contribution in [-0.2, 0) is 26.2 Å². The van der Waals surface area contributed by atoms with E-state index in [1.54, 1.807) is 0 Å². The van der Waals surface area contributed by atoms with Crippen LogP contribution in [0.15, 0.2) is 29.1 Å². The van der Waals surface area contributed by atoms with E-state index < -0.39 is 0 Å². The Morgan fingerprint density at radius 2 is 2.30 bits per heavy atom. The maximum absolute atomic E-state index is 5.63. The molecule has 1 saturated carbocycles. The van der Waals surface area contributed by atoms with Crippen molar-refractivity contribution in [1.29, 1.82) is 0 Å². The molecule has 0 aromatic carbocycles. The monoisotopic (exact) mass is 272 g/mol. The summed E-state index contributed by atoms with van der Waals surface area (Å²) in [5.41, 5.74) is 1.30. The Labute approximate surface area is 118 Å². The zero-order valence-electron chi connectivity index (χ0n) is 11.6. The molecule has 0 saturated heterocycles.